The van der Waals surface area contributed by atoms with E-state index in [1.54, 1.807) is 6.07 Å². The first kappa shape index (κ1) is 18.0. The summed E-state index contributed by atoms with van der Waals surface area (Å²) in [4.78, 5) is 2.54. The van der Waals surface area contributed by atoms with E-state index in [9.17, 15) is 5.11 Å². The van der Waals surface area contributed by atoms with Crippen LogP contribution in [0.1, 0.15) is 46.6 Å². The SMILES string of the molecule is CCNC(Cc1cccc(O)c1)C(C)(CC)N(CC)CC. The van der Waals surface area contributed by atoms with Gasteiger partial charge in [0.1, 0.15) is 5.75 Å². The molecule has 1 rings (SSSR count). The molecule has 0 saturated heterocycles. The summed E-state index contributed by atoms with van der Waals surface area (Å²) in [5.41, 5.74) is 1.30. The molecule has 0 aliphatic rings. The van der Waals surface area contributed by atoms with Crippen molar-refractivity contribution in [3.8, 4) is 5.75 Å². The summed E-state index contributed by atoms with van der Waals surface area (Å²) < 4.78 is 0. The normalized spacial score (nSPS) is 15.9. The van der Waals surface area contributed by atoms with Gasteiger partial charge in [0.15, 0.2) is 0 Å². The van der Waals surface area contributed by atoms with Gasteiger partial charge in [-0.1, -0.05) is 39.8 Å². The van der Waals surface area contributed by atoms with Crippen molar-refractivity contribution >= 4 is 0 Å². The van der Waals surface area contributed by atoms with E-state index >= 15 is 0 Å². The molecule has 1 aromatic carbocycles. The minimum Gasteiger partial charge on any atom is -0.508 e. The maximum absolute atomic E-state index is 9.69. The Morgan fingerprint density at radius 3 is 2.33 bits per heavy atom. The van der Waals surface area contributed by atoms with Gasteiger partial charge in [0.2, 0.25) is 0 Å². The molecule has 2 unspecified atom stereocenters. The van der Waals surface area contributed by atoms with E-state index in [1.165, 1.54) is 5.56 Å². The van der Waals surface area contributed by atoms with E-state index in [-0.39, 0.29) is 5.54 Å². The van der Waals surface area contributed by atoms with Gasteiger partial charge >= 0.3 is 0 Å². The van der Waals surface area contributed by atoms with E-state index in [0.29, 0.717) is 11.8 Å². The van der Waals surface area contributed by atoms with Gasteiger partial charge in [0.05, 0.1) is 0 Å². The van der Waals surface area contributed by atoms with E-state index < -0.39 is 0 Å². The summed E-state index contributed by atoms with van der Waals surface area (Å²) in [7, 11) is 0. The molecule has 1 aromatic rings. The molecule has 0 saturated carbocycles. The molecule has 2 atom stereocenters. The zero-order valence-electron chi connectivity index (χ0n) is 14.3. The summed E-state index contributed by atoms with van der Waals surface area (Å²) >= 11 is 0. The standard InChI is InChI=1S/C18H32N2O/c1-6-18(5,20(8-3)9-4)17(19-7-2)14-15-11-10-12-16(21)13-15/h10-13,17,19,21H,6-9,14H2,1-5H3. The molecule has 0 spiro atoms. The molecule has 0 radical (unpaired) electrons. The zero-order chi connectivity index (χ0) is 15.9. The van der Waals surface area contributed by atoms with Crippen LogP contribution in [-0.2, 0) is 6.42 Å². The summed E-state index contributed by atoms with van der Waals surface area (Å²) in [6.45, 7) is 14.3. The Kier molecular flexibility index (Phi) is 7.20. The number of phenolic OH excluding ortho intramolecular Hbond substituents is 1. The van der Waals surface area contributed by atoms with E-state index in [2.05, 4.69) is 50.9 Å². The van der Waals surface area contributed by atoms with Crippen molar-refractivity contribution in [3.05, 3.63) is 29.8 Å². The Hall–Kier alpha value is -1.06. The largest absolute Gasteiger partial charge is 0.508 e. The fraction of sp³-hybridized carbons (Fsp3) is 0.667. The van der Waals surface area contributed by atoms with Gasteiger partial charge in [-0.25, -0.2) is 0 Å². The third-order valence-corrected chi connectivity index (χ3v) is 4.75. The first-order chi connectivity index (χ1) is 10.0. The molecule has 0 bridgehead atoms. The minimum atomic E-state index is 0.116. The number of hydrogen-bond acceptors (Lipinski definition) is 3. The Balaban J connectivity index is 3.02. The van der Waals surface area contributed by atoms with Crippen molar-refractivity contribution < 1.29 is 5.11 Å². The average molecular weight is 292 g/mol. The number of nitrogens with zero attached hydrogens (tertiary/aromatic N) is 1. The van der Waals surface area contributed by atoms with Crippen LogP contribution < -0.4 is 5.32 Å². The van der Waals surface area contributed by atoms with Crippen LogP contribution in [0.25, 0.3) is 0 Å². The predicted molar refractivity (Wildman–Crippen MR) is 90.9 cm³/mol. The Morgan fingerprint density at radius 1 is 1.19 bits per heavy atom. The van der Waals surface area contributed by atoms with Gasteiger partial charge in [-0.3, -0.25) is 4.90 Å². The maximum atomic E-state index is 9.69. The Morgan fingerprint density at radius 2 is 1.86 bits per heavy atom. The second-order valence-corrected chi connectivity index (χ2v) is 5.87. The topological polar surface area (TPSA) is 35.5 Å². The van der Waals surface area contributed by atoms with Crippen LogP contribution in [-0.4, -0.2) is 41.2 Å². The summed E-state index contributed by atoms with van der Waals surface area (Å²) in [6, 6.07) is 8.00. The third kappa shape index (κ3) is 4.45. The van der Waals surface area contributed by atoms with Gasteiger partial charge in [-0.2, -0.15) is 0 Å². The molecular formula is C18H32N2O. The minimum absolute atomic E-state index is 0.116. The summed E-state index contributed by atoms with van der Waals surface area (Å²) in [5.74, 6) is 0.351. The maximum Gasteiger partial charge on any atom is 0.115 e. The van der Waals surface area contributed by atoms with Crippen LogP contribution in [0.4, 0.5) is 0 Å². The molecular weight excluding hydrogens is 260 g/mol. The molecule has 3 heteroatoms. The highest BCUT2D eigenvalue weighted by molar-refractivity contribution is 5.28. The molecule has 0 aromatic heterocycles. The molecule has 2 N–H and O–H groups in total. The van der Waals surface area contributed by atoms with Crippen molar-refractivity contribution in [2.45, 2.75) is 59.0 Å². The van der Waals surface area contributed by atoms with E-state index in [4.69, 9.17) is 0 Å². The van der Waals surface area contributed by atoms with Crippen molar-refractivity contribution in [1.29, 1.82) is 0 Å². The first-order valence-corrected chi connectivity index (χ1v) is 8.28. The Labute approximate surface area is 130 Å². The lowest BCUT2D eigenvalue weighted by molar-refractivity contribution is 0.0707. The van der Waals surface area contributed by atoms with Gasteiger partial charge in [0.25, 0.3) is 0 Å². The van der Waals surface area contributed by atoms with Crippen LogP contribution in [0.15, 0.2) is 24.3 Å². The molecule has 0 aliphatic heterocycles. The second kappa shape index (κ2) is 8.40. The number of benzene rings is 1. The summed E-state index contributed by atoms with van der Waals surface area (Å²) in [6.07, 6.45) is 2.04. The van der Waals surface area contributed by atoms with E-state index in [1.807, 2.05) is 12.1 Å². The van der Waals surface area contributed by atoms with Crippen molar-refractivity contribution in [3.63, 3.8) is 0 Å². The number of nitrogens with one attached hydrogen (secondary N) is 1. The van der Waals surface area contributed by atoms with Crippen molar-refractivity contribution in [1.82, 2.24) is 10.2 Å². The molecule has 0 aliphatic carbocycles. The quantitative estimate of drug-likeness (QED) is 0.732. The number of hydrogen-bond donors (Lipinski definition) is 2. The van der Waals surface area contributed by atoms with E-state index in [0.717, 1.165) is 32.5 Å². The smallest absolute Gasteiger partial charge is 0.115 e. The Bertz CT molecular complexity index is 417. The third-order valence-electron chi connectivity index (χ3n) is 4.75. The lowest BCUT2D eigenvalue weighted by Gasteiger charge is -2.46. The number of likely N-dealkylation sites (N-methyl/N-ethyl adjacent to an activating group) is 2. The van der Waals surface area contributed by atoms with Crippen molar-refractivity contribution in [2.75, 3.05) is 19.6 Å². The lowest BCUT2D eigenvalue weighted by Crippen LogP contribution is -2.60. The highest BCUT2D eigenvalue weighted by atomic mass is 16.3. The number of aromatic hydroxyl groups is 1. The lowest BCUT2D eigenvalue weighted by atomic mass is 9.83. The molecule has 3 nitrogen and oxygen atoms in total. The molecule has 0 amide bonds. The van der Waals surface area contributed by atoms with Crippen LogP contribution in [0, 0.1) is 0 Å². The predicted octanol–water partition coefficient (Wildman–Crippen LogP) is 3.42. The monoisotopic (exact) mass is 292 g/mol. The highest BCUT2D eigenvalue weighted by Gasteiger charge is 2.36. The van der Waals surface area contributed by atoms with Crippen LogP contribution in [0.2, 0.25) is 0 Å². The fourth-order valence-corrected chi connectivity index (χ4v) is 3.31. The van der Waals surface area contributed by atoms with Crippen molar-refractivity contribution in [2.24, 2.45) is 0 Å². The fourth-order valence-electron chi connectivity index (χ4n) is 3.31. The first-order valence-electron chi connectivity index (χ1n) is 8.28. The summed E-state index contributed by atoms with van der Waals surface area (Å²) in [5, 5.41) is 13.4. The van der Waals surface area contributed by atoms with Gasteiger partial charge in [0, 0.05) is 11.6 Å². The number of phenols is 1. The highest BCUT2D eigenvalue weighted by Crippen LogP contribution is 2.27. The molecule has 0 fully saturated rings. The van der Waals surface area contributed by atoms with Gasteiger partial charge in [-0.05, 0) is 57.1 Å². The molecule has 120 valence electrons. The molecule has 21 heavy (non-hydrogen) atoms. The number of rotatable bonds is 9. The van der Waals surface area contributed by atoms with Gasteiger partial charge < -0.3 is 10.4 Å². The average Bonchev–Trinajstić information content (AvgIpc) is 2.47. The van der Waals surface area contributed by atoms with Crippen LogP contribution in [0.5, 0.6) is 5.75 Å². The van der Waals surface area contributed by atoms with Gasteiger partial charge in [-0.15, -0.1) is 0 Å². The molecule has 0 heterocycles. The second-order valence-electron chi connectivity index (χ2n) is 5.87. The van der Waals surface area contributed by atoms with Crippen LogP contribution in [0.3, 0.4) is 0 Å². The zero-order valence-corrected chi connectivity index (χ0v) is 14.3. The van der Waals surface area contributed by atoms with Crippen LogP contribution >= 0.6 is 0 Å².